The molecule has 0 heterocycles. The van der Waals surface area contributed by atoms with Crippen LogP contribution in [0.2, 0.25) is 0 Å². The molecule has 0 nitrogen and oxygen atoms in total. The quantitative estimate of drug-likeness (QED) is 0.506. The summed E-state index contributed by atoms with van der Waals surface area (Å²) in [5.74, 6) is -2.50. The number of hydrogen-bond acceptors (Lipinski definition) is 1. The maximum absolute atomic E-state index is 12.5. The minimum Gasteiger partial charge on any atom is -0.206 e. The van der Waals surface area contributed by atoms with Crippen molar-refractivity contribution in [1.82, 2.24) is 0 Å². The number of thiol groups is 1. The first-order chi connectivity index (χ1) is 4.13. The van der Waals surface area contributed by atoms with Crippen LogP contribution in [0.25, 0.3) is 0 Å². The highest BCUT2D eigenvalue weighted by molar-refractivity contribution is 7.81. The molecule has 9 heavy (non-hydrogen) atoms. The summed E-state index contributed by atoms with van der Waals surface area (Å²) >= 11 is 3.79. The first kappa shape index (κ1) is 7.32. The molecule has 0 bridgehead atoms. The first-order valence-electron chi connectivity index (χ1n) is 3.19. The van der Waals surface area contributed by atoms with Crippen LogP contribution in [-0.4, -0.2) is 11.2 Å². The fraction of sp³-hybridized carbons (Fsp3) is 1.00. The molecule has 0 N–H and O–H groups in total. The van der Waals surface area contributed by atoms with Crippen molar-refractivity contribution in [3.63, 3.8) is 0 Å². The third kappa shape index (κ3) is 1.57. The molecule has 0 aromatic carbocycles. The van der Waals surface area contributed by atoms with E-state index in [0.29, 0.717) is 12.8 Å². The van der Waals surface area contributed by atoms with E-state index in [9.17, 15) is 8.78 Å². The van der Waals surface area contributed by atoms with E-state index >= 15 is 0 Å². The Balaban J connectivity index is 2.49. The van der Waals surface area contributed by atoms with Gasteiger partial charge in [-0.2, -0.15) is 12.6 Å². The van der Waals surface area contributed by atoms with Crippen molar-refractivity contribution in [2.24, 2.45) is 0 Å². The molecule has 0 amide bonds. The summed E-state index contributed by atoms with van der Waals surface area (Å²) in [5, 5.41) is -0.689. The summed E-state index contributed by atoms with van der Waals surface area (Å²) in [6, 6.07) is 0. The van der Waals surface area contributed by atoms with E-state index in [1.165, 1.54) is 0 Å². The Hall–Kier alpha value is 0.210. The van der Waals surface area contributed by atoms with Gasteiger partial charge in [0.25, 0.3) is 5.92 Å². The highest BCUT2D eigenvalue weighted by Gasteiger charge is 2.38. The van der Waals surface area contributed by atoms with Gasteiger partial charge in [0.1, 0.15) is 0 Å². The van der Waals surface area contributed by atoms with E-state index in [-0.39, 0.29) is 6.42 Å². The SMILES string of the molecule is FC1(F)CCCC[C@H]1S. The van der Waals surface area contributed by atoms with E-state index in [1.807, 2.05) is 0 Å². The Morgan fingerprint density at radius 3 is 2.33 bits per heavy atom. The second kappa shape index (κ2) is 2.45. The van der Waals surface area contributed by atoms with Crippen LogP contribution >= 0.6 is 12.6 Å². The maximum atomic E-state index is 12.5. The molecule has 0 spiro atoms. The molecule has 0 unspecified atom stereocenters. The van der Waals surface area contributed by atoms with Crippen LogP contribution in [0, 0.1) is 0 Å². The van der Waals surface area contributed by atoms with Gasteiger partial charge in [-0.1, -0.05) is 6.42 Å². The number of rotatable bonds is 0. The summed E-state index contributed by atoms with van der Waals surface area (Å²) in [4.78, 5) is 0. The van der Waals surface area contributed by atoms with Crippen molar-refractivity contribution in [3.8, 4) is 0 Å². The first-order valence-corrected chi connectivity index (χ1v) is 3.70. The van der Waals surface area contributed by atoms with Crippen molar-refractivity contribution < 1.29 is 8.78 Å². The number of alkyl halides is 2. The fourth-order valence-corrected chi connectivity index (χ4v) is 1.39. The van der Waals surface area contributed by atoms with Gasteiger partial charge in [-0.3, -0.25) is 0 Å². The molecule has 0 aliphatic heterocycles. The average Bonchev–Trinajstić information content (AvgIpc) is 1.77. The smallest absolute Gasteiger partial charge is 0.206 e. The molecular weight excluding hydrogens is 142 g/mol. The Morgan fingerprint density at radius 2 is 2.00 bits per heavy atom. The van der Waals surface area contributed by atoms with Crippen LogP contribution in [-0.2, 0) is 0 Å². The lowest BCUT2D eigenvalue weighted by molar-refractivity contribution is -0.0264. The third-order valence-corrected chi connectivity index (χ3v) is 2.36. The monoisotopic (exact) mass is 152 g/mol. The molecule has 1 rings (SSSR count). The fourth-order valence-electron chi connectivity index (χ4n) is 1.08. The van der Waals surface area contributed by atoms with Gasteiger partial charge in [-0.05, 0) is 12.8 Å². The topological polar surface area (TPSA) is 0 Å². The second-order valence-electron chi connectivity index (χ2n) is 2.52. The van der Waals surface area contributed by atoms with Gasteiger partial charge in [-0.25, -0.2) is 8.78 Å². The predicted octanol–water partition coefficient (Wildman–Crippen LogP) is 2.49. The molecule has 3 heteroatoms. The summed E-state index contributed by atoms with van der Waals surface area (Å²) in [5.41, 5.74) is 0. The van der Waals surface area contributed by atoms with E-state index < -0.39 is 11.2 Å². The van der Waals surface area contributed by atoms with Gasteiger partial charge >= 0.3 is 0 Å². The molecule has 0 aromatic heterocycles. The van der Waals surface area contributed by atoms with E-state index in [0.717, 1.165) is 6.42 Å². The van der Waals surface area contributed by atoms with Gasteiger partial charge in [0.15, 0.2) is 0 Å². The molecular formula is C6H10F2S. The molecule has 54 valence electrons. The Bertz CT molecular complexity index is 103. The lowest BCUT2D eigenvalue weighted by atomic mass is 9.96. The number of hydrogen-bond donors (Lipinski definition) is 1. The van der Waals surface area contributed by atoms with Crippen LogP contribution in [0.3, 0.4) is 0 Å². The van der Waals surface area contributed by atoms with Gasteiger partial charge in [0.2, 0.25) is 0 Å². The van der Waals surface area contributed by atoms with Crippen molar-refractivity contribution in [3.05, 3.63) is 0 Å². The summed E-state index contributed by atoms with van der Waals surface area (Å²) in [7, 11) is 0. The molecule has 1 atom stereocenters. The molecule has 1 aliphatic carbocycles. The molecule has 1 aliphatic rings. The highest BCUT2D eigenvalue weighted by Crippen LogP contribution is 2.36. The third-order valence-electron chi connectivity index (χ3n) is 1.73. The molecule has 0 radical (unpaired) electrons. The lowest BCUT2D eigenvalue weighted by Crippen LogP contribution is -2.32. The van der Waals surface area contributed by atoms with Crippen molar-refractivity contribution in [1.29, 1.82) is 0 Å². The van der Waals surface area contributed by atoms with Crippen LogP contribution in [0.15, 0.2) is 0 Å². The largest absolute Gasteiger partial charge is 0.259 e. The predicted molar refractivity (Wildman–Crippen MR) is 36.2 cm³/mol. The van der Waals surface area contributed by atoms with E-state index in [2.05, 4.69) is 12.6 Å². The van der Waals surface area contributed by atoms with Crippen molar-refractivity contribution in [2.45, 2.75) is 36.9 Å². The average molecular weight is 152 g/mol. The van der Waals surface area contributed by atoms with Crippen molar-refractivity contribution >= 4 is 12.6 Å². The maximum Gasteiger partial charge on any atom is 0.259 e. The molecule has 0 aromatic rings. The Kier molecular flexibility index (Phi) is 1.99. The summed E-state index contributed by atoms with van der Waals surface area (Å²) in [6.45, 7) is 0. The van der Waals surface area contributed by atoms with Crippen LogP contribution < -0.4 is 0 Å². The normalized spacial score (nSPS) is 34.3. The molecule has 0 saturated heterocycles. The van der Waals surface area contributed by atoms with Gasteiger partial charge in [0.05, 0.1) is 5.25 Å². The minimum absolute atomic E-state index is 0.0289. The van der Waals surface area contributed by atoms with Crippen LogP contribution in [0.1, 0.15) is 25.7 Å². The standard InChI is InChI=1S/C6H10F2S/c7-6(8)4-2-1-3-5(6)9/h5,9H,1-4H2/t5-/m1/s1. The van der Waals surface area contributed by atoms with Crippen molar-refractivity contribution in [2.75, 3.05) is 0 Å². The van der Waals surface area contributed by atoms with Crippen LogP contribution in [0.5, 0.6) is 0 Å². The summed E-state index contributed by atoms with van der Waals surface area (Å²) in [6.07, 6.45) is 2.16. The molecule has 1 saturated carbocycles. The summed E-state index contributed by atoms with van der Waals surface area (Å²) < 4.78 is 25.0. The zero-order valence-electron chi connectivity index (χ0n) is 5.11. The lowest BCUT2D eigenvalue weighted by Gasteiger charge is -2.27. The van der Waals surface area contributed by atoms with Crippen LogP contribution in [0.4, 0.5) is 8.78 Å². The van der Waals surface area contributed by atoms with E-state index in [4.69, 9.17) is 0 Å². The van der Waals surface area contributed by atoms with Gasteiger partial charge in [0, 0.05) is 6.42 Å². The van der Waals surface area contributed by atoms with Gasteiger partial charge in [-0.15, -0.1) is 0 Å². The highest BCUT2D eigenvalue weighted by atomic mass is 32.1. The minimum atomic E-state index is -2.50. The second-order valence-corrected chi connectivity index (χ2v) is 3.15. The zero-order valence-corrected chi connectivity index (χ0v) is 6.00. The Labute approximate surface area is 59.0 Å². The molecule has 1 fully saturated rings. The zero-order chi connectivity index (χ0) is 6.91. The van der Waals surface area contributed by atoms with E-state index in [1.54, 1.807) is 0 Å². The number of halogens is 2. The van der Waals surface area contributed by atoms with Gasteiger partial charge < -0.3 is 0 Å². The Morgan fingerprint density at radius 1 is 1.33 bits per heavy atom.